The van der Waals surface area contributed by atoms with Crippen molar-refractivity contribution in [2.45, 2.75) is 38.5 Å². The molecule has 1 fully saturated rings. The Labute approximate surface area is 200 Å². The van der Waals surface area contributed by atoms with Crippen LogP contribution in [-0.2, 0) is 11.2 Å². The molecule has 1 aliphatic heterocycles. The smallest absolute Gasteiger partial charge is 0.339 e. The number of hydrogen-bond acceptors (Lipinski definition) is 7. The third kappa shape index (κ3) is 4.00. The number of fused-ring (bicyclic) bond motifs is 2. The summed E-state index contributed by atoms with van der Waals surface area (Å²) in [5.41, 5.74) is 3.64. The van der Waals surface area contributed by atoms with Crippen LogP contribution in [0.25, 0.3) is 22.1 Å². The van der Waals surface area contributed by atoms with Crippen LogP contribution in [0.3, 0.4) is 0 Å². The van der Waals surface area contributed by atoms with E-state index in [1.54, 1.807) is 24.5 Å². The predicted octanol–water partition coefficient (Wildman–Crippen LogP) is 3.77. The lowest BCUT2D eigenvalue weighted by Gasteiger charge is -2.31. The van der Waals surface area contributed by atoms with Crippen LogP contribution < -0.4 is 10.4 Å². The zero-order valence-corrected chi connectivity index (χ0v) is 19.7. The van der Waals surface area contributed by atoms with Crippen molar-refractivity contribution < 1.29 is 13.9 Å². The first-order valence-electron chi connectivity index (χ1n) is 11.2. The van der Waals surface area contributed by atoms with Gasteiger partial charge in [0.15, 0.2) is 5.65 Å². The van der Waals surface area contributed by atoms with Crippen LogP contribution in [-0.4, -0.2) is 51.2 Å². The number of benzene rings is 1. The maximum Gasteiger partial charge on any atom is 0.339 e. The SMILES string of the molecule is COc1cc2oc(=O)c(CCC(=O)N3CCC(c4[nH]nc5nccnc45)CC3)c(C)c2cc1Cl. The highest BCUT2D eigenvalue weighted by molar-refractivity contribution is 6.32. The second-order valence-electron chi connectivity index (χ2n) is 8.50. The summed E-state index contributed by atoms with van der Waals surface area (Å²) in [6.07, 6.45) is 5.47. The molecule has 4 aromatic rings. The number of aromatic amines is 1. The minimum absolute atomic E-state index is 0.0272. The molecular weight excluding hydrogens is 458 g/mol. The van der Waals surface area contributed by atoms with Crippen LogP contribution in [0.4, 0.5) is 0 Å². The summed E-state index contributed by atoms with van der Waals surface area (Å²) < 4.78 is 10.7. The number of H-pyrrole nitrogens is 1. The van der Waals surface area contributed by atoms with E-state index in [0.29, 0.717) is 47.1 Å². The van der Waals surface area contributed by atoms with Gasteiger partial charge < -0.3 is 14.1 Å². The van der Waals surface area contributed by atoms with Gasteiger partial charge in [0, 0.05) is 54.8 Å². The lowest BCUT2D eigenvalue weighted by molar-refractivity contribution is -0.132. The van der Waals surface area contributed by atoms with Gasteiger partial charge in [-0.25, -0.2) is 14.8 Å². The molecule has 1 saturated heterocycles. The van der Waals surface area contributed by atoms with Crippen molar-refractivity contribution in [3.8, 4) is 5.75 Å². The second kappa shape index (κ2) is 9.06. The number of hydrogen-bond donors (Lipinski definition) is 1. The Morgan fingerprint density at radius 3 is 2.79 bits per heavy atom. The number of nitrogens with one attached hydrogen (secondary N) is 1. The molecule has 0 aliphatic carbocycles. The first-order valence-corrected chi connectivity index (χ1v) is 11.6. The summed E-state index contributed by atoms with van der Waals surface area (Å²) in [5.74, 6) is 0.722. The number of carbonyl (C=O) groups is 1. The Morgan fingerprint density at radius 1 is 1.26 bits per heavy atom. The van der Waals surface area contributed by atoms with E-state index < -0.39 is 5.63 Å². The van der Waals surface area contributed by atoms with Crippen LogP contribution in [0.1, 0.15) is 42.0 Å². The topological polar surface area (TPSA) is 114 Å². The van der Waals surface area contributed by atoms with Gasteiger partial charge in [-0.05, 0) is 37.8 Å². The van der Waals surface area contributed by atoms with E-state index in [1.165, 1.54) is 7.11 Å². The molecule has 10 heteroatoms. The Morgan fingerprint density at radius 2 is 2.03 bits per heavy atom. The number of methoxy groups -OCH3 is 1. The molecule has 1 N–H and O–H groups in total. The Kier molecular flexibility index (Phi) is 5.95. The van der Waals surface area contributed by atoms with E-state index in [9.17, 15) is 9.59 Å². The van der Waals surface area contributed by atoms with Crippen molar-refractivity contribution in [3.05, 3.63) is 56.8 Å². The maximum atomic E-state index is 12.9. The highest BCUT2D eigenvalue weighted by Crippen LogP contribution is 2.32. The highest BCUT2D eigenvalue weighted by Gasteiger charge is 2.27. The van der Waals surface area contributed by atoms with Crippen molar-refractivity contribution in [1.82, 2.24) is 25.1 Å². The molecule has 176 valence electrons. The minimum Gasteiger partial charge on any atom is -0.495 e. The van der Waals surface area contributed by atoms with Crippen molar-refractivity contribution in [2.75, 3.05) is 20.2 Å². The van der Waals surface area contributed by atoms with E-state index in [2.05, 4.69) is 20.2 Å². The summed E-state index contributed by atoms with van der Waals surface area (Å²) in [4.78, 5) is 36.0. The van der Waals surface area contributed by atoms with Gasteiger partial charge >= 0.3 is 5.63 Å². The number of amides is 1. The molecule has 0 saturated carbocycles. The first kappa shape index (κ1) is 22.3. The van der Waals surface area contributed by atoms with Gasteiger partial charge in [-0.1, -0.05) is 11.6 Å². The fourth-order valence-corrected chi connectivity index (χ4v) is 4.94. The number of carbonyl (C=O) groups excluding carboxylic acids is 1. The van der Waals surface area contributed by atoms with Gasteiger partial charge in [-0.15, -0.1) is 0 Å². The Hall–Kier alpha value is -3.46. The number of rotatable bonds is 5. The molecule has 0 unspecified atom stereocenters. The van der Waals surface area contributed by atoms with Crippen molar-refractivity contribution in [1.29, 1.82) is 0 Å². The molecule has 0 atom stereocenters. The van der Waals surface area contributed by atoms with Crippen LogP contribution >= 0.6 is 11.6 Å². The number of likely N-dealkylation sites (tertiary alicyclic amines) is 1. The minimum atomic E-state index is -0.437. The average Bonchev–Trinajstić information content (AvgIpc) is 3.28. The number of aromatic nitrogens is 4. The van der Waals surface area contributed by atoms with Crippen molar-refractivity contribution in [3.63, 3.8) is 0 Å². The standard InChI is InChI=1S/C24H24ClN5O4/c1-13-15(24(32)34-18-12-19(33-2)17(25)11-16(13)18)3-4-20(31)30-9-5-14(6-10-30)21-22-23(29-28-21)27-8-7-26-22/h7-8,11-12,14H,3-6,9-10H2,1-2H3,(H,27,28,29). The molecule has 3 aromatic heterocycles. The summed E-state index contributed by atoms with van der Waals surface area (Å²) >= 11 is 6.26. The molecule has 5 rings (SSSR count). The monoisotopic (exact) mass is 481 g/mol. The molecular formula is C24H24ClN5O4. The lowest BCUT2D eigenvalue weighted by Crippen LogP contribution is -2.38. The normalized spacial score (nSPS) is 14.7. The third-order valence-corrected chi connectivity index (χ3v) is 6.92. The number of halogens is 1. The van der Waals surface area contributed by atoms with Crippen molar-refractivity contribution in [2.24, 2.45) is 0 Å². The molecule has 0 bridgehead atoms. The maximum absolute atomic E-state index is 12.9. The van der Waals surface area contributed by atoms with Crippen LogP contribution in [0.15, 0.2) is 33.7 Å². The Balaban J connectivity index is 1.25. The zero-order chi connectivity index (χ0) is 23.8. The van der Waals surface area contributed by atoms with E-state index in [-0.39, 0.29) is 18.2 Å². The second-order valence-corrected chi connectivity index (χ2v) is 8.90. The summed E-state index contributed by atoms with van der Waals surface area (Å²) in [5, 5.41) is 8.48. The van der Waals surface area contributed by atoms with Crippen LogP contribution in [0.5, 0.6) is 5.75 Å². The molecule has 1 amide bonds. The number of ether oxygens (including phenoxy) is 1. The van der Waals surface area contributed by atoms with Crippen molar-refractivity contribution >= 4 is 39.6 Å². The molecule has 4 heterocycles. The van der Waals surface area contributed by atoms with Gasteiger partial charge in [0.1, 0.15) is 16.8 Å². The lowest BCUT2D eigenvalue weighted by atomic mass is 9.92. The van der Waals surface area contributed by atoms with Gasteiger partial charge in [0.05, 0.1) is 17.8 Å². The quantitative estimate of drug-likeness (QED) is 0.431. The highest BCUT2D eigenvalue weighted by atomic mass is 35.5. The summed E-state index contributed by atoms with van der Waals surface area (Å²) in [6, 6.07) is 3.34. The van der Waals surface area contributed by atoms with Gasteiger partial charge in [-0.2, -0.15) is 5.10 Å². The fourth-order valence-electron chi connectivity index (χ4n) is 4.70. The van der Waals surface area contributed by atoms with E-state index >= 15 is 0 Å². The third-order valence-electron chi connectivity index (χ3n) is 6.62. The predicted molar refractivity (Wildman–Crippen MR) is 127 cm³/mol. The van der Waals surface area contributed by atoms with Gasteiger partial charge in [0.2, 0.25) is 5.91 Å². The first-order chi connectivity index (χ1) is 16.5. The number of piperidine rings is 1. The van der Waals surface area contributed by atoms with Crippen LogP contribution in [0.2, 0.25) is 5.02 Å². The van der Waals surface area contributed by atoms with E-state index in [0.717, 1.165) is 35.0 Å². The fraction of sp³-hybridized carbons (Fsp3) is 0.375. The molecule has 0 spiro atoms. The number of aryl methyl sites for hydroxylation is 1. The number of nitrogens with zero attached hydrogens (tertiary/aromatic N) is 4. The summed E-state index contributed by atoms with van der Waals surface area (Å²) in [7, 11) is 1.51. The van der Waals surface area contributed by atoms with Gasteiger partial charge in [0.25, 0.3) is 0 Å². The van der Waals surface area contributed by atoms with Crippen LogP contribution in [0, 0.1) is 6.92 Å². The molecule has 1 aromatic carbocycles. The molecule has 34 heavy (non-hydrogen) atoms. The average molecular weight is 482 g/mol. The largest absolute Gasteiger partial charge is 0.495 e. The van der Waals surface area contributed by atoms with Gasteiger partial charge in [-0.3, -0.25) is 9.89 Å². The molecule has 1 aliphatic rings. The molecule has 9 nitrogen and oxygen atoms in total. The molecule has 0 radical (unpaired) electrons. The Bertz CT molecular complexity index is 1440. The van der Waals surface area contributed by atoms with E-state index in [1.807, 2.05) is 11.8 Å². The van der Waals surface area contributed by atoms with E-state index in [4.69, 9.17) is 20.8 Å². The zero-order valence-electron chi connectivity index (χ0n) is 18.9. The summed E-state index contributed by atoms with van der Waals surface area (Å²) in [6.45, 7) is 3.14.